The molecule has 0 saturated carbocycles. The lowest BCUT2D eigenvalue weighted by Gasteiger charge is -2.42. The lowest BCUT2D eigenvalue weighted by molar-refractivity contribution is 0.0982. The second kappa shape index (κ2) is 6.83. The molecule has 0 radical (unpaired) electrons. The minimum absolute atomic E-state index is 0.544. The van der Waals surface area contributed by atoms with E-state index in [1.165, 1.54) is 39.0 Å². The molecule has 1 aromatic rings. The van der Waals surface area contributed by atoms with Crippen molar-refractivity contribution in [3.63, 3.8) is 0 Å². The smallest absolute Gasteiger partial charge is 0.0661 e. The number of likely N-dealkylation sites (N-methyl/N-ethyl adjacent to an activating group) is 1. The summed E-state index contributed by atoms with van der Waals surface area (Å²) in [6, 6.07) is 4.36. The molecule has 2 aliphatic heterocycles. The first-order valence-corrected chi connectivity index (χ1v) is 8.72. The Morgan fingerprint density at radius 1 is 0.955 bits per heavy atom. The molecule has 2 aliphatic rings. The maximum atomic E-state index is 6.34. The minimum atomic E-state index is 0.544. The van der Waals surface area contributed by atoms with Crippen LogP contribution in [-0.2, 0) is 0 Å². The van der Waals surface area contributed by atoms with Crippen LogP contribution >= 0.6 is 23.2 Å². The van der Waals surface area contributed by atoms with E-state index in [-0.39, 0.29) is 0 Å². The average Bonchev–Trinajstić information content (AvgIpc) is 2.52. The SMILES string of the molecule is CN1CCN(C2CCN(c3cc(Cl)c(N)cc3Cl)CC2)CC1. The third kappa shape index (κ3) is 3.46. The molecule has 2 N–H and O–H groups in total. The average molecular weight is 343 g/mol. The molecule has 4 nitrogen and oxygen atoms in total. The van der Waals surface area contributed by atoms with Gasteiger partial charge in [-0.1, -0.05) is 23.2 Å². The highest BCUT2D eigenvalue weighted by molar-refractivity contribution is 6.37. The number of nitrogens with zero attached hydrogens (tertiary/aromatic N) is 3. The highest BCUT2D eigenvalue weighted by Gasteiger charge is 2.27. The molecule has 22 heavy (non-hydrogen) atoms. The van der Waals surface area contributed by atoms with Crippen molar-refractivity contribution in [1.29, 1.82) is 0 Å². The first-order valence-electron chi connectivity index (χ1n) is 7.96. The Balaban J connectivity index is 1.61. The molecule has 0 amide bonds. The van der Waals surface area contributed by atoms with Gasteiger partial charge in [0.1, 0.15) is 0 Å². The molecule has 3 rings (SSSR count). The van der Waals surface area contributed by atoms with Crippen LogP contribution in [-0.4, -0.2) is 62.2 Å². The number of hydrogen-bond acceptors (Lipinski definition) is 4. The third-order valence-electron chi connectivity index (χ3n) is 4.93. The zero-order valence-electron chi connectivity index (χ0n) is 13.1. The normalized spacial score (nSPS) is 22.2. The second-order valence-corrected chi connectivity index (χ2v) is 7.20. The van der Waals surface area contributed by atoms with Gasteiger partial charge in [0.15, 0.2) is 0 Å². The fourth-order valence-electron chi connectivity index (χ4n) is 3.45. The lowest BCUT2D eigenvalue weighted by atomic mass is 10.0. The number of anilines is 2. The largest absolute Gasteiger partial charge is 0.397 e. The summed E-state index contributed by atoms with van der Waals surface area (Å²) in [7, 11) is 2.20. The zero-order chi connectivity index (χ0) is 15.7. The number of hydrogen-bond donors (Lipinski definition) is 1. The topological polar surface area (TPSA) is 35.7 Å². The lowest BCUT2D eigenvalue weighted by Crippen LogP contribution is -2.52. The molecule has 2 saturated heterocycles. The van der Waals surface area contributed by atoms with E-state index >= 15 is 0 Å². The predicted octanol–water partition coefficient (Wildman–Crippen LogP) is 2.79. The van der Waals surface area contributed by atoms with Gasteiger partial charge >= 0.3 is 0 Å². The van der Waals surface area contributed by atoms with Crippen LogP contribution in [0.4, 0.5) is 11.4 Å². The number of benzene rings is 1. The van der Waals surface area contributed by atoms with E-state index in [9.17, 15) is 0 Å². The van der Waals surface area contributed by atoms with Crippen molar-refractivity contribution in [3.8, 4) is 0 Å². The van der Waals surface area contributed by atoms with E-state index in [1.54, 1.807) is 6.07 Å². The van der Waals surface area contributed by atoms with Gasteiger partial charge in [0, 0.05) is 45.3 Å². The fourth-order valence-corrected chi connectivity index (χ4v) is 3.90. The highest BCUT2D eigenvalue weighted by Crippen LogP contribution is 2.35. The Bertz CT molecular complexity index is 521. The van der Waals surface area contributed by atoms with E-state index in [1.807, 2.05) is 6.07 Å². The van der Waals surface area contributed by atoms with Gasteiger partial charge in [0.2, 0.25) is 0 Å². The molecular weight excluding hydrogens is 319 g/mol. The summed E-state index contributed by atoms with van der Waals surface area (Å²) in [5, 5.41) is 1.28. The maximum absolute atomic E-state index is 6.34. The summed E-state index contributed by atoms with van der Waals surface area (Å²) < 4.78 is 0. The zero-order valence-corrected chi connectivity index (χ0v) is 14.6. The number of piperidine rings is 1. The molecule has 2 fully saturated rings. The number of nitrogens with two attached hydrogens (primary N) is 1. The fraction of sp³-hybridized carbons (Fsp3) is 0.625. The van der Waals surface area contributed by atoms with Crippen molar-refractivity contribution >= 4 is 34.6 Å². The van der Waals surface area contributed by atoms with Crippen LogP contribution in [0.2, 0.25) is 10.0 Å². The van der Waals surface area contributed by atoms with E-state index in [0.717, 1.165) is 18.8 Å². The Kier molecular flexibility index (Phi) is 5.03. The number of halogens is 2. The Morgan fingerprint density at radius 2 is 1.59 bits per heavy atom. The van der Waals surface area contributed by atoms with E-state index in [0.29, 0.717) is 21.8 Å². The Labute approximate surface area is 142 Å². The summed E-state index contributed by atoms with van der Waals surface area (Å²) >= 11 is 12.5. The predicted molar refractivity (Wildman–Crippen MR) is 95.2 cm³/mol. The van der Waals surface area contributed by atoms with Crippen molar-refractivity contribution in [2.75, 3.05) is 56.9 Å². The molecule has 0 aliphatic carbocycles. The highest BCUT2D eigenvalue weighted by atomic mass is 35.5. The summed E-state index contributed by atoms with van der Waals surface area (Å²) in [5.74, 6) is 0. The van der Waals surface area contributed by atoms with Gasteiger partial charge < -0.3 is 15.5 Å². The van der Waals surface area contributed by atoms with Crippen LogP contribution in [0.25, 0.3) is 0 Å². The van der Waals surface area contributed by atoms with Gasteiger partial charge in [-0.3, -0.25) is 4.90 Å². The van der Waals surface area contributed by atoms with Gasteiger partial charge in [0.05, 0.1) is 21.4 Å². The Hall–Kier alpha value is -0.680. The molecular formula is C16H24Cl2N4. The van der Waals surface area contributed by atoms with Crippen molar-refractivity contribution in [3.05, 3.63) is 22.2 Å². The van der Waals surface area contributed by atoms with Crippen LogP contribution in [0, 0.1) is 0 Å². The van der Waals surface area contributed by atoms with Crippen LogP contribution in [0.3, 0.4) is 0 Å². The van der Waals surface area contributed by atoms with Crippen molar-refractivity contribution < 1.29 is 0 Å². The van der Waals surface area contributed by atoms with Crippen LogP contribution in [0.15, 0.2) is 12.1 Å². The number of piperazine rings is 1. The van der Waals surface area contributed by atoms with Gasteiger partial charge in [-0.15, -0.1) is 0 Å². The second-order valence-electron chi connectivity index (χ2n) is 6.38. The number of nitrogen functional groups attached to an aromatic ring is 1. The summed E-state index contributed by atoms with van der Waals surface area (Å²) in [5.41, 5.74) is 7.36. The molecule has 6 heteroatoms. The monoisotopic (exact) mass is 342 g/mol. The van der Waals surface area contributed by atoms with E-state index in [2.05, 4.69) is 21.7 Å². The minimum Gasteiger partial charge on any atom is -0.397 e. The first kappa shape index (κ1) is 16.2. The van der Waals surface area contributed by atoms with E-state index in [4.69, 9.17) is 28.9 Å². The van der Waals surface area contributed by atoms with Gasteiger partial charge in [-0.25, -0.2) is 0 Å². The van der Waals surface area contributed by atoms with Gasteiger partial charge in [-0.05, 0) is 32.0 Å². The Morgan fingerprint density at radius 3 is 2.23 bits per heavy atom. The van der Waals surface area contributed by atoms with Crippen molar-refractivity contribution in [2.45, 2.75) is 18.9 Å². The summed E-state index contributed by atoms with van der Waals surface area (Å²) in [4.78, 5) is 7.39. The number of rotatable bonds is 2. The molecule has 1 aromatic carbocycles. The van der Waals surface area contributed by atoms with Crippen LogP contribution < -0.4 is 10.6 Å². The molecule has 0 bridgehead atoms. The van der Waals surface area contributed by atoms with E-state index < -0.39 is 0 Å². The van der Waals surface area contributed by atoms with Crippen LogP contribution in [0.5, 0.6) is 0 Å². The molecule has 0 aromatic heterocycles. The molecule has 0 atom stereocenters. The van der Waals surface area contributed by atoms with Gasteiger partial charge in [-0.2, -0.15) is 0 Å². The molecule has 0 unspecified atom stereocenters. The molecule has 122 valence electrons. The van der Waals surface area contributed by atoms with Crippen molar-refractivity contribution in [1.82, 2.24) is 9.80 Å². The third-order valence-corrected chi connectivity index (χ3v) is 5.56. The standard InChI is InChI=1S/C16H24Cl2N4/c1-20-6-8-21(9-7-20)12-2-4-22(5-3-12)16-11-13(17)15(19)10-14(16)18/h10-12H,2-9,19H2,1H3. The summed E-state index contributed by atoms with van der Waals surface area (Å²) in [6.07, 6.45) is 2.37. The van der Waals surface area contributed by atoms with Gasteiger partial charge in [0.25, 0.3) is 0 Å². The first-order chi connectivity index (χ1) is 10.5. The summed E-state index contributed by atoms with van der Waals surface area (Å²) in [6.45, 7) is 6.79. The van der Waals surface area contributed by atoms with Crippen LogP contribution in [0.1, 0.15) is 12.8 Å². The quantitative estimate of drug-likeness (QED) is 0.838. The molecule has 0 spiro atoms. The van der Waals surface area contributed by atoms with Crippen molar-refractivity contribution in [2.24, 2.45) is 0 Å². The molecule has 2 heterocycles. The maximum Gasteiger partial charge on any atom is 0.0661 e.